The fraction of sp³-hybridized carbons (Fsp3) is 0.529. The molecule has 1 aromatic heterocycles. The van der Waals surface area contributed by atoms with Crippen molar-refractivity contribution in [1.29, 1.82) is 0 Å². The number of nitrogens with one attached hydrogen (secondary N) is 1. The molecular formula is C17H26N2OS. The van der Waals surface area contributed by atoms with Gasteiger partial charge in [-0.2, -0.15) is 0 Å². The van der Waals surface area contributed by atoms with Crippen molar-refractivity contribution in [3.05, 3.63) is 35.2 Å². The number of thiophene rings is 1. The Morgan fingerprint density at radius 2 is 2.00 bits per heavy atom. The maximum Gasteiger partial charge on any atom is 0.0792 e. The molecule has 0 spiro atoms. The Hall–Kier alpha value is -0.940. The zero-order chi connectivity index (χ0) is 15.5. The van der Waals surface area contributed by atoms with Crippen LogP contribution in [0.2, 0.25) is 0 Å². The second-order valence-electron chi connectivity index (χ2n) is 6.48. The topological polar surface area (TPSA) is 47.3 Å². The van der Waals surface area contributed by atoms with Gasteiger partial charge in [-0.1, -0.05) is 39.0 Å². The van der Waals surface area contributed by atoms with Crippen molar-refractivity contribution in [3.8, 4) is 0 Å². The second kappa shape index (κ2) is 6.88. The summed E-state index contributed by atoms with van der Waals surface area (Å²) >= 11 is 1.79. The maximum absolute atomic E-state index is 5.98. The second-order valence-corrected chi connectivity index (χ2v) is 7.39. The van der Waals surface area contributed by atoms with Gasteiger partial charge in [0, 0.05) is 11.3 Å². The molecule has 0 aliphatic heterocycles. The molecule has 2 rings (SSSR count). The Labute approximate surface area is 131 Å². The summed E-state index contributed by atoms with van der Waals surface area (Å²) in [6, 6.07) is 8.62. The third-order valence-electron chi connectivity index (χ3n) is 3.78. The highest BCUT2D eigenvalue weighted by atomic mass is 32.1. The van der Waals surface area contributed by atoms with E-state index in [0.29, 0.717) is 6.61 Å². The van der Waals surface area contributed by atoms with E-state index >= 15 is 0 Å². The van der Waals surface area contributed by atoms with Gasteiger partial charge < -0.3 is 4.74 Å². The van der Waals surface area contributed by atoms with E-state index in [-0.39, 0.29) is 17.6 Å². The molecule has 0 fully saturated rings. The molecule has 3 nitrogen and oxygen atoms in total. The maximum atomic E-state index is 5.98. The average molecular weight is 306 g/mol. The van der Waals surface area contributed by atoms with Crippen LogP contribution in [-0.4, -0.2) is 18.8 Å². The summed E-state index contributed by atoms with van der Waals surface area (Å²) in [4.78, 5) is 0. The number of benzene rings is 1. The van der Waals surface area contributed by atoms with Crippen molar-refractivity contribution in [3.63, 3.8) is 0 Å². The molecule has 0 bridgehead atoms. The normalized spacial score (nSPS) is 15.3. The van der Waals surface area contributed by atoms with Gasteiger partial charge >= 0.3 is 0 Å². The zero-order valence-corrected chi connectivity index (χ0v) is 14.2. The van der Waals surface area contributed by atoms with E-state index in [0.717, 1.165) is 6.42 Å². The summed E-state index contributed by atoms with van der Waals surface area (Å²) in [5, 5.41) is 3.56. The molecule has 3 N–H and O–H groups in total. The largest absolute Gasteiger partial charge is 0.376 e. The molecule has 0 aliphatic rings. The summed E-state index contributed by atoms with van der Waals surface area (Å²) in [7, 11) is 0. The van der Waals surface area contributed by atoms with Crippen LogP contribution in [0.3, 0.4) is 0 Å². The van der Waals surface area contributed by atoms with Crippen molar-refractivity contribution in [2.75, 3.05) is 6.61 Å². The first-order valence-corrected chi connectivity index (χ1v) is 8.38. The standard InChI is InChI=1S/C17H26N2OS/c1-5-20-16(17(2,3)4)14(19-18)10-12-11-21-15-9-7-6-8-13(12)15/h6-9,11,14,16,19H,5,10,18H2,1-4H3. The molecule has 2 unspecified atom stereocenters. The zero-order valence-electron chi connectivity index (χ0n) is 13.3. The first-order chi connectivity index (χ1) is 9.97. The van der Waals surface area contributed by atoms with Crippen molar-refractivity contribution in [1.82, 2.24) is 5.43 Å². The molecule has 0 radical (unpaired) electrons. The molecular weight excluding hydrogens is 280 g/mol. The van der Waals surface area contributed by atoms with Gasteiger partial charge in [0.1, 0.15) is 0 Å². The van der Waals surface area contributed by atoms with E-state index in [1.807, 2.05) is 6.92 Å². The third kappa shape index (κ3) is 3.83. The molecule has 0 amide bonds. The highest BCUT2D eigenvalue weighted by Crippen LogP contribution is 2.30. The molecule has 4 heteroatoms. The quantitative estimate of drug-likeness (QED) is 0.631. The smallest absolute Gasteiger partial charge is 0.0792 e. The van der Waals surface area contributed by atoms with Crippen LogP contribution >= 0.6 is 11.3 Å². The number of hydrazine groups is 1. The lowest BCUT2D eigenvalue weighted by Gasteiger charge is -2.36. The predicted molar refractivity (Wildman–Crippen MR) is 91.5 cm³/mol. The monoisotopic (exact) mass is 306 g/mol. The number of fused-ring (bicyclic) bond motifs is 1. The van der Waals surface area contributed by atoms with Crippen LogP contribution < -0.4 is 11.3 Å². The van der Waals surface area contributed by atoms with E-state index in [9.17, 15) is 0 Å². The van der Waals surface area contributed by atoms with Gasteiger partial charge in [-0.3, -0.25) is 11.3 Å². The number of hydrogen-bond acceptors (Lipinski definition) is 4. The number of ether oxygens (including phenoxy) is 1. The average Bonchev–Trinajstić information content (AvgIpc) is 2.85. The van der Waals surface area contributed by atoms with Gasteiger partial charge in [-0.15, -0.1) is 11.3 Å². The van der Waals surface area contributed by atoms with E-state index in [1.165, 1.54) is 15.6 Å². The van der Waals surface area contributed by atoms with Crippen LogP contribution in [0.4, 0.5) is 0 Å². The lowest BCUT2D eigenvalue weighted by molar-refractivity contribution is -0.0355. The van der Waals surface area contributed by atoms with Gasteiger partial charge in [0.15, 0.2) is 0 Å². The minimum absolute atomic E-state index is 0.0405. The fourth-order valence-electron chi connectivity index (χ4n) is 2.83. The van der Waals surface area contributed by atoms with E-state index in [1.54, 1.807) is 11.3 Å². The molecule has 116 valence electrons. The van der Waals surface area contributed by atoms with Crippen LogP contribution in [-0.2, 0) is 11.2 Å². The molecule has 0 saturated carbocycles. The minimum Gasteiger partial charge on any atom is -0.376 e. The molecule has 1 aromatic carbocycles. The van der Waals surface area contributed by atoms with Gasteiger partial charge in [-0.25, -0.2) is 0 Å². The summed E-state index contributed by atoms with van der Waals surface area (Å²) in [6.45, 7) is 9.33. The van der Waals surface area contributed by atoms with Crippen molar-refractivity contribution in [2.45, 2.75) is 46.3 Å². The molecule has 2 aromatic rings. The van der Waals surface area contributed by atoms with Crippen LogP contribution in [0.1, 0.15) is 33.3 Å². The van der Waals surface area contributed by atoms with Crippen LogP contribution in [0, 0.1) is 5.41 Å². The lowest BCUT2D eigenvalue weighted by atomic mass is 9.82. The van der Waals surface area contributed by atoms with E-state index in [2.05, 4.69) is 55.8 Å². The van der Waals surface area contributed by atoms with Crippen LogP contribution in [0.25, 0.3) is 10.1 Å². The molecule has 0 aliphatic carbocycles. The van der Waals surface area contributed by atoms with Gasteiger partial charge in [-0.05, 0) is 41.2 Å². The fourth-order valence-corrected chi connectivity index (χ4v) is 3.81. The Bertz CT molecular complexity index is 573. The van der Waals surface area contributed by atoms with Gasteiger partial charge in [0.25, 0.3) is 0 Å². The lowest BCUT2D eigenvalue weighted by Crippen LogP contribution is -2.52. The van der Waals surface area contributed by atoms with E-state index in [4.69, 9.17) is 10.6 Å². The molecule has 0 saturated heterocycles. The first-order valence-electron chi connectivity index (χ1n) is 7.50. The van der Waals surface area contributed by atoms with E-state index < -0.39 is 0 Å². The predicted octanol–water partition coefficient (Wildman–Crippen LogP) is 3.73. The Kier molecular flexibility index (Phi) is 5.38. The Balaban J connectivity index is 2.25. The summed E-state index contributed by atoms with van der Waals surface area (Å²) < 4.78 is 7.31. The Morgan fingerprint density at radius 3 is 2.62 bits per heavy atom. The Morgan fingerprint density at radius 1 is 1.29 bits per heavy atom. The van der Waals surface area contributed by atoms with Gasteiger partial charge in [0.05, 0.1) is 12.1 Å². The molecule has 1 heterocycles. The van der Waals surface area contributed by atoms with Crippen molar-refractivity contribution in [2.24, 2.45) is 11.3 Å². The highest BCUT2D eigenvalue weighted by Gasteiger charge is 2.32. The van der Waals surface area contributed by atoms with Crippen LogP contribution in [0.5, 0.6) is 0 Å². The summed E-state index contributed by atoms with van der Waals surface area (Å²) in [5.74, 6) is 5.83. The number of hydrogen-bond donors (Lipinski definition) is 2. The summed E-state index contributed by atoms with van der Waals surface area (Å²) in [5.41, 5.74) is 4.36. The number of nitrogens with two attached hydrogens (primary N) is 1. The number of rotatable bonds is 6. The van der Waals surface area contributed by atoms with Gasteiger partial charge in [0.2, 0.25) is 0 Å². The summed E-state index contributed by atoms with van der Waals surface area (Å²) in [6.07, 6.45) is 0.953. The van der Waals surface area contributed by atoms with Crippen molar-refractivity contribution < 1.29 is 4.74 Å². The first kappa shape index (κ1) is 16.4. The van der Waals surface area contributed by atoms with Crippen molar-refractivity contribution >= 4 is 21.4 Å². The third-order valence-corrected chi connectivity index (χ3v) is 4.79. The molecule has 21 heavy (non-hydrogen) atoms. The molecule has 2 atom stereocenters. The highest BCUT2D eigenvalue weighted by molar-refractivity contribution is 7.17. The SMILES string of the molecule is CCOC(C(Cc1csc2ccccc12)NN)C(C)(C)C. The van der Waals surface area contributed by atoms with Crippen LogP contribution in [0.15, 0.2) is 29.6 Å². The minimum atomic E-state index is 0.0405.